The van der Waals surface area contributed by atoms with Gasteiger partial charge in [0.15, 0.2) is 0 Å². The highest BCUT2D eigenvalue weighted by Gasteiger charge is 2.31. The summed E-state index contributed by atoms with van der Waals surface area (Å²) >= 11 is 6.15. The van der Waals surface area contributed by atoms with Gasteiger partial charge in [-0.25, -0.2) is 9.97 Å². The fourth-order valence-corrected chi connectivity index (χ4v) is 2.76. The van der Waals surface area contributed by atoms with E-state index in [1.54, 1.807) is 0 Å². The predicted octanol–water partition coefficient (Wildman–Crippen LogP) is 3.23. The minimum atomic E-state index is -0.0162. The lowest BCUT2D eigenvalue weighted by Gasteiger charge is -2.36. The average molecular weight is 270 g/mol. The monoisotopic (exact) mass is 269 g/mol. The van der Waals surface area contributed by atoms with Gasteiger partial charge in [0, 0.05) is 11.9 Å². The molecular formula is C13H20ClN3O. The van der Waals surface area contributed by atoms with Gasteiger partial charge in [-0.1, -0.05) is 19.3 Å². The Bertz CT molecular complexity index is 380. The molecule has 1 fully saturated rings. The molecule has 0 saturated heterocycles. The van der Waals surface area contributed by atoms with Gasteiger partial charge in [-0.3, -0.25) is 0 Å². The first-order valence-corrected chi connectivity index (χ1v) is 7.10. The standard InChI is InChI=1S/C13H20ClN3O/c1-2-18-12-8-11(15-10-16-12)17-13(9-14)6-4-3-5-7-13/h8,10H,2-7,9H2,1H3,(H,15,16,17). The highest BCUT2D eigenvalue weighted by atomic mass is 35.5. The van der Waals surface area contributed by atoms with E-state index in [0.29, 0.717) is 18.4 Å². The predicted molar refractivity (Wildman–Crippen MR) is 73.4 cm³/mol. The summed E-state index contributed by atoms with van der Waals surface area (Å²) in [4.78, 5) is 8.31. The van der Waals surface area contributed by atoms with Crippen LogP contribution in [0, 0.1) is 0 Å². The van der Waals surface area contributed by atoms with Crippen LogP contribution in [0.25, 0.3) is 0 Å². The molecule has 2 rings (SSSR count). The minimum absolute atomic E-state index is 0.0162. The summed E-state index contributed by atoms with van der Waals surface area (Å²) in [6.07, 6.45) is 7.48. The van der Waals surface area contributed by atoms with Gasteiger partial charge in [0.25, 0.3) is 0 Å². The molecule has 0 atom stereocenters. The van der Waals surface area contributed by atoms with Gasteiger partial charge in [0.1, 0.15) is 12.1 Å². The molecule has 1 aromatic heterocycles. The summed E-state index contributed by atoms with van der Waals surface area (Å²) < 4.78 is 5.38. The Labute approximate surface area is 113 Å². The zero-order valence-electron chi connectivity index (χ0n) is 10.8. The summed E-state index contributed by atoms with van der Waals surface area (Å²) in [5.41, 5.74) is -0.0162. The van der Waals surface area contributed by atoms with Crippen LogP contribution in [0.2, 0.25) is 0 Å². The van der Waals surface area contributed by atoms with E-state index < -0.39 is 0 Å². The van der Waals surface area contributed by atoms with Gasteiger partial charge < -0.3 is 10.1 Å². The van der Waals surface area contributed by atoms with Crippen molar-refractivity contribution in [2.45, 2.75) is 44.6 Å². The Morgan fingerprint density at radius 1 is 1.33 bits per heavy atom. The molecular weight excluding hydrogens is 250 g/mol. The second-order valence-corrected chi connectivity index (χ2v) is 5.04. The Morgan fingerprint density at radius 3 is 2.78 bits per heavy atom. The van der Waals surface area contributed by atoms with Crippen molar-refractivity contribution in [2.24, 2.45) is 0 Å². The van der Waals surface area contributed by atoms with Crippen LogP contribution in [0.15, 0.2) is 12.4 Å². The number of anilines is 1. The molecule has 5 heteroatoms. The molecule has 1 aromatic rings. The number of ether oxygens (including phenoxy) is 1. The molecule has 1 aliphatic carbocycles. The fourth-order valence-electron chi connectivity index (χ4n) is 2.43. The number of halogens is 1. The van der Waals surface area contributed by atoms with Crippen LogP contribution in [0.3, 0.4) is 0 Å². The van der Waals surface area contributed by atoms with Crippen molar-refractivity contribution >= 4 is 17.4 Å². The molecule has 1 aliphatic rings. The van der Waals surface area contributed by atoms with E-state index in [4.69, 9.17) is 16.3 Å². The summed E-state index contributed by atoms with van der Waals surface area (Å²) in [6, 6.07) is 1.84. The van der Waals surface area contributed by atoms with Crippen LogP contribution in [0.4, 0.5) is 5.82 Å². The molecule has 0 aliphatic heterocycles. The van der Waals surface area contributed by atoms with Crippen molar-refractivity contribution < 1.29 is 4.74 Å². The van der Waals surface area contributed by atoms with E-state index in [9.17, 15) is 0 Å². The highest BCUT2D eigenvalue weighted by Crippen LogP contribution is 2.32. The Kier molecular flexibility index (Phi) is 4.64. The molecule has 0 unspecified atom stereocenters. The van der Waals surface area contributed by atoms with Crippen LogP contribution in [-0.2, 0) is 0 Å². The quantitative estimate of drug-likeness (QED) is 0.834. The zero-order valence-corrected chi connectivity index (χ0v) is 11.5. The Balaban J connectivity index is 2.08. The van der Waals surface area contributed by atoms with E-state index >= 15 is 0 Å². The normalized spacial score (nSPS) is 18.3. The van der Waals surface area contributed by atoms with E-state index in [1.807, 2.05) is 13.0 Å². The molecule has 0 bridgehead atoms. The smallest absolute Gasteiger partial charge is 0.218 e. The summed E-state index contributed by atoms with van der Waals surface area (Å²) in [5.74, 6) is 2.02. The molecule has 0 spiro atoms. The van der Waals surface area contributed by atoms with Crippen LogP contribution < -0.4 is 10.1 Å². The zero-order chi connectivity index (χ0) is 12.8. The van der Waals surface area contributed by atoms with Crippen LogP contribution in [-0.4, -0.2) is 28.0 Å². The van der Waals surface area contributed by atoms with Gasteiger partial charge in [-0.15, -0.1) is 11.6 Å². The third-order valence-corrected chi connectivity index (χ3v) is 3.91. The van der Waals surface area contributed by atoms with Gasteiger partial charge in [0.2, 0.25) is 5.88 Å². The van der Waals surface area contributed by atoms with Crippen molar-refractivity contribution in [3.05, 3.63) is 12.4 Å². The first kappa shape index (κ1) is 13.4. The number of alkyl halides is 1. The average Bonchev–Trinajstić information content (AvgIpc) is 2.41. The molecule has 0 amide bonds. The maximum Gasteiger partial charge on any atom is 0.218 e. The van der Waals surface area contributed by atoms with Crippen molar-refractivity contribution in [2.75, 3.05) is 17.8 Å². The number of rotatable bonds is 5. The molecule has 0 radical (unpaired) electrons. The summed E-state index contributed by atoms with van der Waals surface area (Å²) in [7, 11) is 0. The second kappa shape index (κ2) is 6.23. The maximum absolute atomic E-state index is 6.15. The van der Waals surface area contributed by atoms with Crippen LogP contribution in [0.5, 0.6) is 5.88 Å². The van der Waals surface area contributed by atoms with Crippen molar-refractivity contribution in [3.63, 3.8) is 0 Å². The number of hydrogen-bond acceptors (Lipinski definition) is 4. The number of nitrogens with one attached hydrogen (secondary N) is 1. The third kappa shape index (κ3) is 3.25. The van der Waals surface area contributed by atoms with Crippen molar-refractivity contribution in [1.29, 1.82) is 0 Å². The van der Waals surface area contributed by atoms with E-state index in [-0.39, 0.29) is 5.54 Å². The summed E-state index contributed by atoms with van der Waals surface area (Å²) in [6.45, 7) is 2.55. The van der Waals surface area contributed by atoms with Gasteiger partial charge >= 0.3 is 0 Å². The van der Waals surface area contributed by atoms with Gasteiger partial charge in [-0.05, 0) is 19.8 Å². The molecule has 100 valence electrons. The lowest BCUT2D eigenvalue weighted by atomic mass is 9.83. The lowest BCUT2D eigenvalue weighted by Crippen LogP contribution is -2.42. The largest absolute Gasteiger partial charge is 0.478 e. The van der Waals surface area contributed by atoms with Gasteiger partial charge in [-0.2, -0.15) is 0 Å². The molecule has 1 N–H and O–H groups in total. The Morgan fingerprint density at radius 2 is 2.11 bits per heavy atom. The van der Waals surface area contributed by atoms with Gasteiger partial charge in [0.05, 0.1) is 12.1 Å². The summed E-state index contributed by atoms with van der Waals surface area (Å²) in [5, 5.41) is 3.48. The fraction of sp³-hybridized carbons (Fsp3) is 0.692. The van der Waals surface area contributed by atoms with E-state index in [2.05, 4.69) is 15.3 Å². The second-order valence-electron chi connectivity index (χ2n) is 4.77. The molecule has 18 heavy (non-hydrogen) atoms. The van der Waals surface area contributed by atoms with Crippen LogP contribution in [0.1, 0.15) is 39.0 Å². The molecule has 1 saturated carbocycles. The minimum Gasteiger partial charge on any atom is -0.478 e. The van der Waals surface area contributed by atoms with Crippen molar-refractivity contribution in [3.8, 4) is 5.88 Å². The molecule has 1 heterocycles. The number of hydrogen-bond donors (Lipinski definition) is 1. The number of nitrogens with zero attached hydrogens (tertiary/aromatic N) is 2. The number of aromatic nitrogens is 2. The molecule has 0 aromatic carbocycles. The van der Waals surface area contributed by atoms with Crippen molar-refractivity contribution in [1.82, 2.24) is 9.97 Å². The van der Waals surface area contributed by atoms with Crippen LogP contribution >= 0.6 is 11.6 Å². The Hall–Kier alpha value is -1.03. The maximum atomic E-state index is 6.15. The first-order valence-electron chi connectivity index (χ1n) is 6.57. The topological polar surface area (TPSA) is 47.0 Å². The van der Waals surface area contributed by atoms with E-state index in [0.717, 1.165) is 18.7 Å². The highest BCUT2D eigenvalue weighted by molar-refractivity contribution is 6.18. The molecule has 4 nitrogen and oxygen atoms in total. The third-order valence-electron chi connectivity index (χ3n) is 3.39. The first-order chi connectivity index (χ1) is 8.78. The SMILES string of the molecule is CCOc1cc(NC2(CCl)CCCCC2)ncn1. The lowest BCUT2D eigenvalue weighted by molar-refractivity contribution is 0.325. The van der Waals surface area contributed by atoms with E-state index in [1.165, 1.54) is 25.6 Å².